The molecule has 1 aromatic carbocycles. The summed E-state index contributed by atoms with van der Waals surface area (Å²) in [5.41, 5.74) is 2.18. The van der Waals surface area contributed by atoms with Gasteiger partial charge < -0.3 is 14.7 Å². The molecule has 1 aliphatic rings. The van der Waals surface area contributed by atoms with Gasteiger partial charge in [-0.3, -0.25) is 4.79 Å². The molecule has 2 heterocycles. The number of rotatable bonds is 3. The fourth-order valence-corrected chi connectivity index (χ4v) is 2.55. The van der Waals surface area contributed by atoms with Crippen LogP contribution in [0.2, 0.25) is 0 Å². The third kappa shape index (κ3) is 3.03. The molecule has 0 bridgehead atoms. The van der Waals surface area contributed by atoms with E-state index in [1.165, 1.54) is 0 Å². The van der Waals surface area contributed by atoms with E-state index in [4.69, 9.17) is 4.74 Å². The summed E-state index contributed by atoms with van der Waals surface area (Å²) in [6.45, 7) is 0.472. The molecule has 1 amide bonds. The smallest absolute Gasteiger partial charge is 0.226 e. The first-order valence-electron chi connectivity index (χ1n) is 6.90. The monoisotopic (exact) mass is 291 g/mol. The van der Waals surface area contributed by atoms with Gasteiger partial charge in [-0.25, -0.2) is 4.63 Å². The van der Waals surface area contributed by atoms with Gasteiger partial charge in [0.1, 0.15) is 11.0 Å². The number of ether oxygens (including phenoxy) is 1. The van der Waals surface area contributed by atoms with E-state index in [0.717, 1.165) is 12.0 Å². The Kier molecular flexibility index (Phi) is 3.85. The maximum Gasteiger partial charge on any atom is 0.226 e. The summed E-state index contributed by atoms with van der Waals surface area (Å²) < 4.78 is 9.73. The fourth-order valence-electron chi connectivity index (χ4n) is 2.55. The molecule has 2 unspecified atom stereocenters. The highest BCUT2D eigenvalue weighted by Crippen LogP contribution is 2.18. The average molecular weight is 291 g/mol. The summed E-state index contributed by atoms with van der Waals surface area (Å²) in [4.78, 5) is 14.0. The molecule has 21 heavy (non-hydrogen) atoms. The van der Waals surface area contributed by atoms with Crippen molar-refractivity contribution in [3.05, 3.63) is 23.8 Å². The molecule has 0 aliphatic carbocycles. The summed E-state index contributed by atoms with van der Waals surface area (Å²) in [6.07, 6.45) is 0.698. The highest BCUT2D eigenvalue weighted by molar-refractivity contribution is 5.81. The third-order valence-electron chi connectivity index (χ3n) is 3.85. The number of carbonyl (C=O) groups is 1. The number of hydrogen-bond donors (Lipinski definition) is 1. The van der Waals surface area contributed by atoms with E-state index in [2.05, 4.69) is 14.9 Å². The Morgan fingerprint density at radius 1 is 1.43 bits per heavy atom. The van der Waals surface area contributed by atoms with Gasteiger partial charge >= 0.3 is 0 Å². The first-order valence-corrected chi connectivity index (χ1v) is 6.90. The molecule has 7 heteroatoms. The van der Waals surface area contributed by atoms with Crippen molar-refractivity contribution in [2.45, 2.75) is 31.6 Å². The Morgan fingerprint density at radius 3 is 3.05 bits per heavy atom. The van der Waals surface area contributed by atoms with Crippen molar-refractivity contribution in [2.24, 2.45) is 0 Å². The zero-order valence-electron chi connectivity index (χ0n) is 11.7. The topological polar surface area (TPSA) is 88.7 Å². The lowest BCUT2D eigenvalue weighted by molar-refractivity contribution is -0.152. The predicted octanol–water partition coefficient (Wildman–Crippen LogP) is 0.721. The number of hydrogen-bond acceptors (Lipinski definition) is 6. The summed E-state index contributed by atoms with van der Waals surface area (Å²) in [6, 6.07) is 5.44. The fraction of sp³-hybridized carbons (Fsp3) is 0.500. The molecule has 1 fully saturated rings. The Morgan fingerprint density at radius 2 is 2.24 bits per heavy atom. The molecule has 0 saturated carbocycles. The molecule has 0 spiro atoms. The minimum atomic E-state index is -0.781. The number of carbonyl (C=O) groups excluding carboxylic acids is 1. The van der Waals surface area contributed by atoms with Crippen LogP contribution >= 0.6 is 0 Å². The Labute approximate surface area is 121 Å². The van der Waals surface area contributed by atoms with Crippen LogP contribution in [0.3, 0.4) is 0 Å². The first kappa shape index (κ1) is 14.0. The minimum Gasteiger partial charge on any atom is -0.368 e. The molecule has 2 atom stereocenters. The Bertz CT molecular complexity index is 642. The maximum absolute atomic E-state index is 12.3. The van der Waals surface area contributed by atoms with Crippen LogP contribution in [0.4, 0.5) is 0 Å². The van der Waals surface area contributed by atoms with Crippen LogP contribution in [0.5, 0.6) is 0 Å². The van der Waals surface area contributed by atoms with E-state index in [1.54, 1.807) is 24.1 Å². The summed E-state index contributed by atoms with van der Waals surface area (Å²) >= 11 is 0. The Hall–Kier alpha value is -1.99. The molecule has 1 aliphatic heterocycles. The molecule has 1 N–H and O–H groups in total. The molecule has 0 radical (unpaired) electrons. The molecule has 112 valence electrons. The summed E-state index contributed by atoms with van der Waals surface area (Å²) in [5, 5.41) is 17.0. The standard InChI is InChI=1S/C14H17N3O4/c1-17(10-4-5-20-14(19)8-10)13(18)7-9-2-3-11-12(6-9)16-21-15-11/h2-3,6,10,14,19H,4-5,7-8H2,1H3. The average Bonchev–Trinajstić information content (AvgIpc) is 2.94. The molecule has 1 saturated heterocycles. The zero-order valence-corrected chi connectivity index (χ0v) is 11.7. The lowest BCUT2D eigenvalue weighted by Gasteiger charge is -2.33. The number of aliphatic hydroxyl groups excluding tert-OH is 1. The van der Waals surface area contributed by atoms with E-state index >= 15 is 0 Å². The number of aliphatic hydroxyl groups is 1. The number of fused-ring (bicyclic) bond motifs is 1. The minimum absolute atomic E-state index is 0.00454. The van der Waals surface area contributed by atoms with Crippen LogP contribution in [-0.4, -0.2) is 52.2 Å². The van der Waals surface area contributed by atoms with Gasteiger partial charge in [0.15, 0.2) is 6.29 Å². The van der Waals surface area contributed by atoms with Crippen molar-refractivity contribution in [3.8, 4) is 0 Å². The highest BCUT2D eigenvalue weighted by atomic mass is 16.6. The quantitative estimate of drug-likeness (QED) is 0.896. The van der Waals surface area contributed by atoms with Gasteiger partial charge in [0, 0.05) is 19.5 Å². The van der Waals surface area contributed by atoms with Crippen molar-refractivity contribution in [1.29, 1.82) is 0 Å². The van der Waals surface area contributed by atoms with Crippen molar-refractivity contribution < 1.29 is 19.3 Å². The van der Waals surface area contributed by atoms with Crippen LogP contribution in [0.1, 0.15) is 18.4 Å². The normalized spacial score (nSPS) is 22.4. The van der Waals surface area contributed by atoms with E-state index in [-0.39, 0.29) is 18.4 Å². The van der Waals surface area contributed by atoms with E-state index in [0.29, 0.717) is 24.1 Å². The van der Waals surface area contributed by atoms with Gasteiger partial charge in [0.25, 0.3) is 0 Å². The van der Waals surface area contributed by atoms with E-state index in [9.17, 15) is 9.90 Å². The van der Waals surface area contributed by atoms with Crippen LogP contribution < -0.4 is 0 Å². The molecular formula is C14H17N3O4. The molecule has 3 rings (SSSR count). The van der Waals surface area contributed by atoms with Crippen LogP contribution in [0, 0.1) is 0 Å². The molecule has 7 nitrogen and oxygen atoms in total. The zero-order chi connectivity index (χ0) is 14.8. The largest absolute Gasteiger partial charge is 0.368 e. The summed E-state index contributed by atoms with van der Waals surface area (Å²) in [7, 11) is 1.77. The maximum atomic E-state index is 12.3. The van der Waals surface area contributed by atoms with E-state index < -0.39 is 6.29 Å². The van der Waals surface area contributed by atoms with E-state index in [1.807, 2.05) is 6.07 Å². The first-order chi connectivity index (χ1) is 10.1. The van der Waals surface area contributed by atoms with Crippen molar-refractivity contribution in [1.82, 2.24) is 15.2 Å². The number of nitrogens with zero attached hydrogens (tertiary/aromatic N) is 3. The van der Waals surface area contributed by atoms with Crippen LogP contribution in [0.25, 0.3) is 11.0 Å². The van der Waals surface area contributed by atoms with Crippen LogP contribution in [-0.2, 0) is 16.0 Å². The number of benzene rings is 1. The lowest BCUT2D eigenvalue weighted by atomic mass is 10.0. The van der Waals surface area contributed by atoms with Gasteiger partial charge in [0.2, 0.25) is 5.91 Å². The number of likely N-dealkylation sites (N-methyl/N-ethyl adjacent to an activating group) is 1. The van der Waals surface area contributed by atoms with Crippen molar-refractivity contribution >= 4 is 16.9 Å². The van der Waals surface area contributed by atoms with Gasteiger partial charge in [0.05, 0.1) is 13.0 Å². The summed E-state index contributed by atoms with van der Waals surface area (Å²) in [5.74, 6) is 0.00454. The number of amides is 1. The third-order valence-corrected chi connectivity index (χ3v) is 3.85. The second-order valence-electron chi connectivity index (χ2n) is 5.27. The second kappa shape index (κ2) is 5.79. The number of aromatic nitrogens is 2. The van der Waals surface area contributed by atoms with Crippen molar-refractivity contribution in [2.75, 3.05) is 13.7 Å². The molecule has 1 aromatic heterocycles. The van der Waals surface area contributed by atoms with Gasteiger partial charge in [-0.1, -0.05) is 6.07 Å². The van der Waals surface area contributed by atoms with Gasteiger partial charge in [-0.15, -0.1) is 0 Å². The Balaban J connectivity index is 1.67. The van der Waals surface area contributed by atoms with Crippen LogP contribution in [0.15, 0.2) is 22.8 Å². The van der Waals surface area contributed by atoms with Gasteiger partial charge in [-0.05, 0) is 34.4 Å². The highest BCUT2D eigenvalue weighted by Gasteiger charge is 2.26. The predicted molar refractivity (Wildman–Crippen MR) is 73.3 cm³/mol. The molecule has 2 aromatic rings. The lowest BCUT2D eigenvalue weighted by Crippen LogP contribution is -2.43. The second-order valence-corrected chi connectivity index (χ2v) is 5.27. The SMILES string of the molecule is CN(C(=O)Cc1ccc2nonc2c1)C1CCOC(O)C1. The van der Waals surface area contributed by atoms with Crippen molar-refractivity contribution in [3.63, 3.8) is 0 Å². The molecular weight excluding hydrogens is 274 g/mol. The van der Waals surface area contributed by atoms with Gasteiger partial charge in [-0.2, -0.15) is 0 Å².